The maximum Gasteiger partial charge on any atom is 0.356 e. The average Bonchev–Trinajstić information content (AvgIpc) is 2.39. The summed E-state index contributed by atoms with van der Waals surface area (Å²) in [4.78, 5) is 12.9. The van der Waals surface area contributed by atoms with Crippen LogP contribution in [0.2, 0.25) is 0 Å². The first kappa shape index (κ1) is 11.8. The number of carboxylic acids is 1. The third kappa shape index (κ3) is 2.54. The van der Waals surface area contributed by atoms with Crippen molar-refractivity contribution < 1.29 is 9.90 Å². The Morgan fingerprint density at radius 1 is 1.47 bits per heavy atom. The molecule has 1 aliphatic rings. The number of carbonyl (C=O) groups is 1. The van der Waals surface area contributed by atoms with Crippen molar-refractivity contribution >= 4 is 11.8 Å². The van der Waals surface area contributed by atoms with E-state index in [9.17, 15) is 4.79 Å². The van der Waals surface area contributed by atoms with Crippen molar-refractivity contribution in [1.82, 2.24) is 10.2 Å². The molecule has 1 aromatic rings. The third-order valence-corrected chi connectivity index (χ3v) is 3.26. The van der Waals surface area contributed by atoms with Gasteiger partial charge in [0.25, 0.3) is 0 Å². The van der Waals surface area contributed by atoms with Gasteiger partial charge in [0.2, 0.25) is 0 Å². The highest BCUT2D eigenvalue weighted by Gasteiger charge is 2.22. The zero-order valence-electron chi connectivity index (χ0n) is 9.96. The third-order valence-electron chi connectivity index (χ3n) is 3.26. The Kier molecular flexibility index (Phi) is 3.56. The predicted molar refractivity (Wildman–Crippen MR) is 64.3 cm³/mol. The zero-order chi connectivity index (χ0) is 12.3. The van der Waals surface area contributed by atoms with Crippen LogP contribution in [-0.4, -0.2) is 33.9 Å². The molecule has 0 spiro atoms. The van der Waals surface area contributed by atoms with E-state index >= 15 is 0 Å². The Hall–Kier alpha value is -1.65. The van der Waals surface area contributed by atoms with Crippen molar-refractivity contribution in [2.24, 2.45) is 0 Å². The number of carboxylic acid groups (broad SMARTS) is 1. The summed E-state index contributed by atoms with van der Waals surface area (Å²) in [6.45, 7) is 3.15. The minimum atomic E-state index is -1.03. The molecule has 1 fully saturated rings. The highest BCUT2D eigenvalue weighted by atomic mass is 16.4. The molecule has 1 aromatic heterocycles. The van der Waals surface area contributed by atoms with E-state index in [0.29, 0.717) is 6.04 Å². The van der Waals surface area contributed by atoms with Crippen LogP contribution in [0.3, 0.4) is 0 Å². The van der Waals surface area contributed by atoms with Crippen LogP contribution in [0.15, 0.2) is 12.1 Å². The molecule has 1 aliphatic heterocycles. The quantitative estimate of drug-likeness (QED) is 0.867. The smallest absolute Gasteiger partial charge is 0.356 e. The van der Waals surface area contributed by atoms with E-state index in [0.717, 1.165) is 18.8 Å². The number of rotatable bonds is 3. The van der Waals surface area contributed by atoms with Crippen LogP contribution in [0.5, 0.6) is 0 Å². The molecule has 0 aliphatic carbocycles. The first-order valence-electron chi connectivity index (χ1n) is 6.06. The maximum atomic E-state index is 10.7. The monoisotopic (exact) mass is 235 g/mol. The van der Waals surface area contributed by atoms with E-state index < -0.39 is 5.97 Å². The second kappa shape index (κ2) is 5.12. The van der Waals surface area contributed by atoms with Gasteiger partial charge in [0.15, 0.2) is 11.5 Å². The van der Waals surface area contributed by atoms with Gasteiger partial charge in [0, 0.05) is 12.6 Å². The van der Waals surface area contributed by atoms with E-state index in [4.69, 9.17) is 5.11 Å². The number of hydrogen-bond donors (Lipinski definition) is 1. The van der Waals surface area contributed by atoms with Gasteiger partial charge in [-0.3, -0.25) is 0 Å². The Bertz CT molecular complexity index is 391. The molecule has 5 heteroatoms. The first-order chi connectivity index (χ1) is 8.22. The fourth-order valence-electron chi connectivity index (χ4n) is 2.32. The Balaban J connectivity index is 2.17. The Morgan fingerprint density at radius 3 is 2.88 bits per heavy atom. The van der Waals surface area contributed by atoms with Crippen molar-refractivity contribution in [2.45, 2.75) is 38.6 Å². The molecular formula is C12H17N3O2. The van der Waals surface area contributed by atoms with Gasteiger partial charge in [-0.15, -0.1) is 10.2 Å². The van der Waals surface area contributed by atoms with Gasteiger partial charge in [0.1, 0.15) is 0 Å². The van der Waals surface area contributed by atoms with Gasteiger partial charge >= 0.3 is 5.97 Å². The van der Waals surface area contributed by atoms with E-state index in [-0.39, 0.29) is 5.69 Å². The van der Waals surface area contributed by atoms with E-state index in [2.05, 4.69) is 22.0 Å². The summed E-state index contributed by atoms with van der Waals surface area (Å²) in [5, 5.41) is 16.5. The van der Waals surface area contributed by atoms with Crippen LogP contribution in [0.1, 0.15) is 43.1 Å². The van der Waals surface area contributed by atoms with Gasteiger partial charge in [0.05, 0.1) is 0 Å². The highest BCUT2D eigenvalue weighted by Crippen LogP contribution is 2.24. The first-order valence-corrected chi connectivity index (χ1v) is 6.06. The number of anilines is 1. The molecule has 5 nitrogen and oxygen atoms in total. The second-order valence-electron chi connectivity index (χ2n) is 4.33. The van der Waals surface area contributed by atoms with Crippen LogP contribution in [0.4, 0.5) is 5.82 Å². The van der Waals surface area contributed by atoms with Crippen LogP contribution < -0.4 is 4.90 Å². The second-order valence-corrected chi connectivity index (χ2v) is 4.33. The molecule has 0 saturated carbocycles. The normalized spacial score (nSPS) is 20.3. The molecule has 1 N–H and O–H groups in total. The fourth-order valence-corrected chi connectivity index (χ4v) is 2.32. The summed E-state index contributed by atoms with van der Waals surface area (Å²) in [6, 6.07) is 3.78. The number of aromatic nitrogens is 2. The summed E-state index contributed by atoms with van der Waals surface area (Å²) in [6.07, 6.45) is 4.69. The molecule has 2 heterocycles. The average molecular weight is 235 g/mol. The molecule has 17 heavy (non-hydrogen) atoms. The van der Waals surface area contributed by atoms with Gasteiger partial charge in [-0.2, -0.15) is 0 Å². The fraction of sp³-hybridized carbons (Fsp3) is 0.583. The molecule has 1 saturated heterocycles. The predicted octanol–water partition coefficient (Wildman–Crippen LogP) is 1.94. The summed E-state index contributed by atoms with van der Waals surface area (Å²) >= 11 is 0. The van der Waals surface area contributed by atoms with E-state index in [1.807, 2.05) is 0 Å². The Morgan fingerprint density at radius 2 is 2.29 bits per heavy atom. The van der Waals surface area contributed by atoms with E-state index in [1.165, 1.54) is 25.3 Å². The molecule has 0 bridgehead atoms. The topological polar surface area (TPSA) is 66.3 Å². The number of nitrogens with zero attached hydrogens (tertiary/aromatic N) is 3. The minimum Gasteiger partial charge on any atom is -0.476 e. The van der Waals surface area contributed by atoms with Crippen molar-refractivity contribution in [2.75, 3.05) is 11.4 Å². The van der Waals surface area contributed by atoms with Crippen LogP contribution in [-0.2, 0) is 0 Å². The SMILES string of the molecule is CC[C@H]1CCCCN1c1ccc(C(=O)O)nn1. The summed E-state index contributed by atoms with van der Waals surface area (Å²) in [5.74, 6) is -0.240. The largest absolute Gasteiger partial charge is 0.476 e. The standard InChI is InChI=1S/C12H17N3O2/c1-2-9-5-3-4-8-15(9)11-7-6-10(12(16)17)13-14-11/h6-7,9H,2-5,8H2,1H3,(H,16,17)/t9-/m0/s1. The number of hydrogen-bond acceptors (Lipinski definition) is 4. The van der Waals surface area contributed by atoms with Crippen molar-refractivity contribution in [3.8, 4) is 0 Å². The lowest BCUT2D eigenvalue weighted by atomic mass is 10.0. The maximum absolute atomic E-state index is 10.7. The highest BCUT2D eigenvalue weighted by molar-refractivity contribution is 5.85. The lowest BCUT2D eigenvalue weighted by Gasteiger charge is -2.35. The van der Waals surface area contributed by atoms with Gasteiger partial charge in [-0.25, -0.2) is 4.79 Å². The number of aromatic carboxylic acids is 1. The molecular weight excluding hydrogens is 218 g/mol. The summed E-state index contributed by atoms with van der Waals surface area (Å²) in [7, 11) is 0. The van der Waals surface area contributed by atoms with Crippen LogP contribution >= 0.6 is 0 Å². The number of piperidine rings is 1. The Labute approximate surface area is 100 Å². The molecule has 2 rings (SSSR count). The zero-order valence-corrected chi connectivity index (χ0v) is 9.96. The van der Waals surface area contributed by atoms with Gasteiger partial charge in [-0.1, -0.05) is 6.92 Å². The van der Waals surface area contributed by atoms with E-state index in [1.54, 1.807) is 6.07 Å². The lowest BCUT2D eigenvalue weighted by Crippen LogP contribution is -2.39. The summed E-state index contributed by atoms with van der Waals surface area (Å²) < 4.78 is 0. The molecule has 1 atom stereocenters. The molecule has 92 valence electrons. The van der Waals surface area contributed by atoms with Crippen LogP contribution in [0.25, 0.3) is 0 Å². The molecule has 0 unspecified atom stereocenters. The van der Waals surface area contributed by atoms with Crippen molar-refractivity contribution in [1.29, 1.82) is 0 Å². The van der Waals surface area contributed by atoms with Crippen LogP contribution in [0, 0.1) is 0 Å². The van der Waals surface area contributed by atoms with Crippen molar-refractivity contribution in [3.63, 3.8) is 0 Å². The molecule has 0 radical (unpaired) electrons. The minimum absolute atomic E-state index is 0.00110. The van der Waals surface area contributed by atoms with Crippen molar-refractivity contribution in [3.05, 3.63) is 17.8 Å². The lowest BCUT2D eigenvalue weighted by molar-refractivity contribution is 0.0689. The summed E-state index contributed by atoms with van der Waals surface area (Å²) in [5.41, 5.74) is -0.00110. The van der Waals surface area contributed by atoms with Gasteiger partial charge in [-0.05, 0) is 37.8 Å². The van der Waals surface area contributed by atoms with Gasteiger partial charge < -0.3 is 10.0 Å². The molecule has 0 amide bonds. The molecule has 0 aromatic carbocycles.